The molecule has 0 spiro atoms. The van der Waals surface area contributed by atoms with E-state index < -0.39 is 0 Å². The summed E-state index contributed by atoms with van der Waals surface area (Å²) in [6.07, 6.45) is 1.70. The second kappa shape index (κ2) is 6.30. The van der Waals surface area contributed by atoms with Crippen molar-refractivity contribution in [2.75, 3.05) is 0 Å². The molecule has 2 heterocycles. The van der Waals surface area contributed by atoms with E-state index in [-0.39, 0.29) is 12.1 Å². The number of nitrogens with one attached hydrogen (secondary N) is 2. The normalized spacial score (nSPS) is 12.0. The Bertz CT molecular complexity index is 735. The molecule has 2 amide bonds. The van der Waals surface area contributed by atoms with Crippen molar-refractivity contribution in [2.24, 2.45) is 0 Å². The van der Waals surface area contributed by atoms with Gasteiger partial charge in [0.15, 0.2) is 0 Å². The van der Waals surface area contributed by atoms with E-state index in [1.165, 1.54) is 0 Å². The Morgan fingerprint density at radius 3 is 2.82 bits per heavy atom. The molecule has 0 radical (unpaired) electrons. The molecule has 1 aromatic carbocycles. The lowest BCUT2D eigenvalue weighted by atomic mass is 10.2. The Morgan fingerprint density at radius 2 is 2.05 bits per heavy atom. The van der Waals surface area contributed by atoms with Crippen LogP contribution in [-0.4, -0.2) is 11.0 Å². The third-order valence-electron chi connectivity index (χ3n) is 3.38. The number of hydrogen-bond donors (Lipinski definition) is 2. The van der Waals surface area contributed by atoms with Gasteiger partial charge in [0.2, 0.25) is 0 Å². The van der Waals surface area contributed by atoms with E-state index in [1.54, 1.807) is 6.20 Å². The van der Waals surface area contributed by atoms with Gasteiger partial charge in [-0.25, -0.2) is 4.79 Å². The van der Waals surface area contributed by atoms with Crippen LogP contribution in [0.3, 0.4) is 0 Å². The number of pyridine rings is 1. The molecule has 0 aliphatic heterocycles. The standard InChI is InChI=1S/C17H17N3O2/c1-12(16-10-13-6-2-3-8-15(13)22-16)20-17(21)19-11-14-7-4-5-9-18-14/h2-10,12H,11H2,1H3,(H2,19,20,21). The number of para-hydroxylation sites is 1. The van der Waals surface area contributed by atoms with Crippen LogP contribution in [-0.2, 0) is 6.54 Å². The van der Waals surface area contributed by atoms with Gasteiger partial charge in [0.05, 0.1) is 18.3 Å². The SMILES string of the molecule is CC(NC(=O)NCc1ccccn1)c1cc2ccccc2o1. The smallest absolute Gasteiger partial charge is 0.315 e. The van der Waals surface area contributed by atoms with Crippen molar-refractivity contribution in [1.29, 1.82) is 0 Å². The van der Waals surface area contributed by atoms with Crippen LogP contribution in [0.25, 0.3) is 11.0 Å². The summed E-state index contributed by atoms with van der Waals surface area (Å²) in [5.74, 6) is 0.731. The molecule has 5 heteroatoms. The average Bonchev–Trinajstić information content (AvgIpc) is 2.98. The fourth-order valence-electron chi connectivity index (χ4n) is 2.21. The number of benzene rings is 1. The van der Waals surface area contributed by atoms with E-state index in [0.29, 0.717) is 6.54 Å². The largest absolute Gasteiger partial charge is 0.459 e. The summed E-state index contributed by atoms with van der Waals surface area (Å²) in [7, 11) is 0. The van der Waals surface area contributed by atoms with Gasteiger partial charge >= 0.3 is 6.03 Å². The molecule has 0 bridgehead atoms. The number of hydrogen-bond acceptors (Lipinski definition) is 3. The fourth-order valence-corrected chi connectivity index (χ4v) is 2.21. The van der Waals surface area contributed by atoms with Crippen LogP contribution in [0.15, 0.2) is 59.1 Å². The topological polar surface area (TPSA) is 67.2 Å². The Hall–Kier alpha value is -2.82. The number of carbonyl (C=O) groups excluding carboxylic acids is 1. The number of urea groups is 1. The quantitative estimate of drug-likeness (QED) is 0.775. The lowest BCUT2D eigenvalue weighted by Crippen LogP contribution is -2.36. The molecule has 0 saturated heterocycles. The number of aromatic nitrogens is 1. The van der Waals surface area contributed by atoms with Gasteiger partial charge in [0.1, 0.15) is 11.3 Å². The minimum atomic E-state index is -0.251. The molecule has 112 valence electrons. The number of rotatable bonds is 4. The van der Waals surface area contributed by atoms with Gasteiger partial charge in [-0.2, -0.15) is 0 Å². The molecular formula is C17H17N3O2. The number of nitrogens with zero attached hydrogens (tertiary/aromatic N) is 1. The van der Waals surface area contributed by atoms with Crippen molar-refractivity contribution < 1.29 is 9.21 Å². The van der Waals surface area contributed by atoms with Crippen LogP contribution in [0.2, 0.25) is 0 Å². The molecule has 0 aliphatic rings. The van der Waals surface area contributed by atoms with Gasteiger partial charge in [-0.1, -0.05) is 24.3 Å². The van der Waals surface area contributed by atoms with Crippen LogP contribution in [0, 0.1) is 0 Å². The van der Waals surface area contributed by atoms with Crippen LogP contribution in [0.1, 0.15) is 24.4 Å². The molecule has 22 heavy (non-hydrogen) atoms. The molecule has 3 aromatic rings. The van der Waals surface area contributed by atoms with Gasteiger partial charge in [-0.15, -0.1) is 0 Å². The molecule has 0 saturated carbocycles. The van der Waals surface area contributed by atoms with Gasteiger partial charge in [0.25, 0.3) is 0 Å². The average molecular weight is 295 g/mol. The number of furan rings is 1. The summed E-state index contributed by atoms with van der Waals surface area (Å²) in [5.41, 5.74) is 1.63. The van der Waals surface area contributed by atoms with E-state index in [4.69, 9.17) is 4.42 Å². The third-order valence-corrected chi connectivity index (χ3v) is 3.38. The summed E-state index contributed by atoms with van der Waals surface area (Å²) in [6, 6.07) is 14.8. The number of carbonyl (C=O) groups is 1. The van der Waals surface area contributed by atoms with Crippen molar-refractivity contribution in [1.82, 2.24) is 15.6 Å². The molecular weight excluding hydrogens is 278 g/mol. The molecule has 3 rings (SSSR count). The molecule has 2 N–H and O–H groups in total. The highest BCUT2D eigenvalue weighted by molar-refractivity contribution is 5.78. The van der Waals surface area contributed by atoms with Crippen molar-refractivity contribution in [2.45, 2.75) is 19.5 Å². The van der Waals surface area contributed by atoms with Gasteiger partial charge in [-0.05, 0) is 31.2 Å². The van der Waals surface area contributed by atoms with Gasteiger partial charge < -0.3 is 15.1 Å². The van der Waals surface area contributed by atoms with E-state index in [2.05, 4.69) is 15.6 Å². The van der Waals surface area contributed by atoms with Gasteiger partial charge in [0, 0.05) is 11.6 Å². The zero-order valence-corrected chi connectivity index (χ0v) is 12.2. The van der Waals surface area contributed by atoms with E-state index in [0.717, 1.165) is 22.4 Å². The monoisotopic (exact) mass is 295 g/mol. The lowest BCUT2D eigenvalue weighted by Gasteiger charge is -2.12. The first kappa shape index (κ1) is 14.1. The highest BCUT2D eigenvalue weighted by Crippen LogP contribution is 2.23. The van der Waals surface area contributed by atoms with Crippen molar-refractivity contribution in [3.8, 4) is 0 Å². The summed E-state index contributed by atoms with van der Waals surface area (Å²) in [6.45, 7) is 2.28. The predicted octanol–water partition coefficient (Wildman–Crippen LogP) is 3.39. The highest BCUT2D eigenvalue weighted by Gasteiger charge is 2.13. The van der Waals surface area contributed by atoms with Gasteiger partial charge in [-0.3, -0.25) is 4.98 Å². The molecule has 0 aliphatic carbocycles. The van der Waals surface area contributed by atoms with E-state index >= 15 is 0 Å². The Balaban J connectivity index is 1.58. The summed E-state index contributed by atoms with van der Waals surface area (Å²) >= 11 is 0. The van der Waals surface area contributed by atoms with Crippen molar-refractivity contribution in [3.63, 3.8) is 0 Å². The molecule has 0 fully saturated rings. The highest BCUT2D eigenvalue weighted by atomic mass is 16.3. The molecule has 1 atom stereocenters. The first-order valence-corrected chi connectivity index (χ1v) is 7.15. The maximum atomic E-state index is 11.9. The van der Waals surface area contributed by atoms with Crippen LogP contribution in [0.5, 0.6) is 0 Å². The maximum Gasteiger partial charge on any atom is 0.315 e. The van der Waals surface area contributed by atoms with E-state index in [1.807, 2.05) is 55.5 Å². The maximum absolute atomic E-state index is 11.9. The van der Waals surface area contributed by atoms with E-state index in [9.17, 15) is 4.79 Å². The molecule has 1 unspecified atom stereocenters. The molecule has 2 aromatic heterocycles. The zero-order chi connectivity index (χ0) is 15.4. The van der Waals surface area contributed by atoms with Crippen LogP contribution < -0.4 is 10.6 Å². The Kier molecular flexibility index (Phi) is 4.05. The third kappa shape index (κ3) is 3.25. The van der Waals surface area contributed by atoms with Crippen LogP contribution >= 0.6 is 0 Å². The fraction of sp³-hybridized carbons (Fsp3) is 0.176. The number of fused-ring (bicyclic) bond motifs is 1. The second-order valence-electron chi connectivity index (χ2n) is 5.06. The minimum Gasteiger partial charge on any atom is -0.459 e. The van der Waals surface area contributed by atoms with Crippen LogP contribution in [0.4, 0.5) is 4.79 Å². The summed E-state index contributed by atoms with van der Waals surface area (Å²) < 4.78 is 5.74. The van der Waals surface area contributed by atoms with Crippen molar-refractivity contribution >= 4 is 17.0 Å². The Labute approximate surface area is 128 Å². The zero-order valence-electron chi connectivity index (χ0n) is 12.2. The first-order valence-electron chi connectivity index (χ1n) is 7.15. The summed E-state index contributed by atoms with van der Waals surface area (Å²) in [4.78, 5) is 16.1. The van der Waals surface area contributed by atoms with Crippen molar-refractivity contribution in [3.05, 3.63) is 66.2 Å². The summed E-state index contributed by atoms with van der Waals surface area (Å²) in [5, 5.41) is 6.66. The lowest BCUT2D eigenvalue weighted by molar-refractivity contribution is 0.236. The Morgan fingerprint density at radius 1 is 1.23 bits per heavy atom. The molecule has 5 nitrogen and oxygen atoms in total. The second-order valence-corrected chi connectivity index (χ2v) is 5.06. The number of amides is 2. The predicted molar refractivity (Wildman–Crippen MR) is 84.2 cm³/mol. The minimum absolute atomic E-state index is 0.212. The first-order chi connectivity index (χ1) is 10.7.